The van der Waals surface area contributed by atoms with Gasteiger partial charge in [0.15, 0.2) is 0 Å². The summed E-state index contributed by atoms with van der Waals surface area (Å²) in [5, 5.41) is 0. The van der Waals surface area contributed by atoms with Crippen LogP contribution in [-0.4, -0.2) is 19.8 Å². The molecule has 0 saturated heterocycles. The van der Waals surface area contributed by atoms with E-state index < -0.39 is 7.82 Å². The lowest BCUT2D eigenvalue weighted by Crippen LogP contribution is -2.17. The van der Waals surface area contributed by atoms with Crippen molar-refractivity contribution in [1.29, 1.82) is 0 Å². The third-order valence-electron chi connectivity index (χ3n) is 7.66. The molecule has 1 N–H and O–H groups in total. The predicted molar refractivity (Wildman–Crippen MR) is 175 cm³/mol. The Morgan fingerprint density at radius 1 is 0.500 bits per heavy atom. The minimum absolute atomic E-state index is 0.420. The molecule has 0 heterocycles. The summed E-state index contributed by atoms with van der Waals surface area (Å²) in [6.07, 6.45) is 30.4. The van der Waals surface area contributed by atoms with Crippen LogP contribution < -0.4 is 5.48 Å². The van der Waals surface area contributed by atoms with Crippen molar-refractivity contribution in [2.24, 2.45) is 11.8 Å². The molecule has 242 valence electrons. The number of phosphoric acid groups is 1. The summed E-state index contributed by atoms with van der Waals surface area (Å²) < 4.78 is 30.0. The highest BCUT2D eigenvalue weighted by molar-refractivity contribution is 7.48. The van der Waals surface area contributed by atoms with E-state index in [0.29, 0.717) is 19.8 Å². The lowest BCUT2D eigenvalue weighted by molar-refractivity contribution is 0.0687. The maximum atomic E-state index is 13.1. The first-order valence-electron chi connectivity index (χ1n) is 17.7. The van der Waals surface area contributed by atoms with Crippen LogP contribution in [0.1, 0.15) is 189 Å². The van der Waals surface area contributed by atoms with Crippen molar-refractivity contribution in [3.8, 4) is 0 Å². The molecule has 6 heteroatoms. The standard InChI is InChI=1S/C34H72NO4P/c1-6-7-8-9-10-11-12-13-14-15-16-17-18-19-20-25-30-35-39-40(36,37-31-26-21-23-28-33(2)3)38-32-27-22-24-29-34(4)5/h33-35H,6-32H2,1-5H3. The summed E-state index contributed by atoms with van der Waals surface area (Å²) in [7, 11) is -3.56. The molecular weight excluding hydrogens is 517 g/mol. The van der Waals surface area contributed by atoms with Crippen LogP contribution in [0.25, 0.3) is 0 Å². The van der Waals surface area contributed by atoms with Crippen molar-refractivity contribution in [3.05, 3.63) is 0 Å². The second-order valence-electron chi connectivity index (χ2n) is 12.9. The van der Waals surface area contributed by atoms with E-state index in [4.69, 9.17) is 13.7 Å². The summed E-state index contributed by atoms with van der Waals surface area (Å²) in [6.45, 7) is 12.8. The maximum absolute atomic E-state index is 13.1. The molecule has 0 fully saturated rings. The topological polar surface area (TPSA) is 56.8 Å². The van der Waals surface area contributed by atoms with E-state index in [1.54, 1.807) is 0 Å². The third-order valence-corrected chi connectivity index (χ3v) is 9.01. The Bertz CT molecular complexity index is 520. The third kappa shape index (κ3) is 31.0. The Labute approximate surface area is 251 Å². The van der Waals surface area contributed by atoms with Crippen molar-refractivity contribution in [2.75, 3.05) is 19.8 Å². The average Bonchev–Trinajstić information content (AvgIpc) is 2.91. The molecule has 0 aliphatic heterocycles. The number of unbranched alkanes of at least 4 members (excludes halogenated alkanes) is 19. The van der Waals surface area contributed by atoms with Crippen LogP contribution in [0.3, 0.4) is 0 Å². The Hall–Kier alpha value is 0.0700. The van der Waals surface area contributed by atoms with Crippen LogP contribution >= 0.6 is 7.82 Å². The van der Waals surface area contributed by atoms with Crippen molar-refractivity contribution in [3.63, 3.8) is 0 Å². The van der Waals surface area contributed by atoms with Crippen LogP contribution in [0.5, 0.6) is 0 Å². The second kappa shape index (κ2) is 30.5. The molecule has 0 unspecified atom stereocenters. The minimum Gasteiger partial charge on any atom is -0.286 e. The Morgan fingerprint density at radius 2 is 0.850 bits per heavy atom. The Kier molecular flexibility index (Phi) is 30.6. The van der Waals surface area contributed by atoms with E-state index in [1.807, 2.05) is 0 Å². The molecule has 0 aromatic heterocycles. The molecule has 0 spiro atoms. The van der Waals surface area contributed by atoms with Crippen molar-refractivity contribution in [1.82, 2.24) is 5.48 Å². The molecule has 0 atom stereocenters. The van der Waals surface area contributed by atoms with E-state index in [0.717, 1.165) is 43.9 Å². The fraction of sp³-hybridized carbons (Fsp3) is 1.00. The summed E-state index contributed by atoms with van der Waals surface area (Å²) in [4.78, 5) is 0. The fourth-order valence-electron chi connectivity index (χ4n) is 4.98. The molecule has 0 saturated carbocycles. The highest BCUT2D eigenvalue weighted by Crippen LogP contribution is 2.48. The quantitative estimate of drug-likeness (QED) is 0.0469. The summed E-state index contributed by atoms with van der Waals surface area (Å²) in [6, 6.07) is 0. The van der Waals surface area contributed by atoms with Gasteiger partial charge in [-0.05, 0) is 31.1 Å². The molecule has 0 amide bonds. The molecule has 0 aliphatic carbocycles. The zero-order valence-corrected chi connectivity index (χ0v) is 28.7. The van der Waals surface area contributed by atoms with Crippen LogP contribution in [0.4, 0.5) is 0 Å². The van der Waals surface area contributed by atoms with Crippen molar-refractivity contribution >= 4 is 7.82 Å². The second-order valence-corrected chi connectivity index (χ2v) is 14.5. The van der Waals surface area contributed by atoms with Gasteiger partial charge in [0.2, 0.25) is 0 Å². The highest BCUT2D eigenvalue weighted by Gasteiger charge is 2.27. The summed E-state index contributed by atoms with van der Waals surface area (Å²) >= 11 is 0. The number of hydroxylamine groups is 1. The number of rotatable bonds is 33. The van der Waals surface area contributed by atoms with Gasteiger partial charge in [-0.1, -0.05) is 169 Å². The fourth-order valence-corrected chi connectivity index (χ4v) is 6.11. The summed E-state index contributed by atoms with van der Waals surface area (Å²) in [5.74, 6) is 1.45. The van der Waals surface area contributed by atoms with E-state index in [9.17, 15) is 4.57 Å². The van der Waals surface area contributed by atoms with Gasteiger partial charge >= 0.3 is 7.82 Å². The first-order chi connectivity index (χ1) is 19.4. The van der Waals surface area contributed by atoms with Gasteiger partial charge in [-0.15, -0.1) is 0 Å². The van der Waals surface area contributed by atoms with Gasteiger partial charge in [0.1, 0.15) is 0 Å². The van der Waals surface area contributed by atoms with Crippen LogP contribution in [-0.2, 0) is 18.2 Å². The maximum Gasteiger partial charge on any atom is 0.491 e. The van der Waals surface area contributed by atoms with Gasteiger partial charge in [-0.3, -0.25) is 9.05 Å². The van der Waals surface area contributed by atoms with Crippen LogP contribution in [0.2, 0.25) is 0 Å². The van der Waals surface area contributed by atoms with Gasteiger partial charge in [0, 0.05) is 6.54 Å². The van der Waals surface area contributed by atoms with Crippen molar-refractivity contribution in [2.45, 2.75) is 189 Å². The summed E-state index contributed by atoms with van der Waals surface area (Å²) in [5.41, 5.74) is 2.90. The average molecular weight is 590 g/mol. The Morgan fingerprint density at radius 3 is 1.23 bits per heavy atom. The number of hydrogen-bond donors (Lipinski definition) is 1. The zero-order chi connectivity index (χ0) is 29.6. The van der Waals surface area contributed by atoms with E-state index in [2.05, 4.69) is 40.1 Å². The lowest BCUT2D eigenvalue weighted by atomic mass is 10.0. The van der Waals surface area contributed by atoms with Crippen LogP contribution in [0, 0.1) is 11.8 Å². The molecule has 5 nitrogen and oxygen atoms in total. The molecule has 0 aromatic carbocycles. The minimum atomic E-state index is -3.56. The SMILES string of the molecule is CCCCCCCCCCCCCCCCCCNOP(=O)(OCCCCCC(C)C)OCCCCCC(C)C. The lowest BCUT2D eigenvalue weighted by Gasteiger charge is -2.18. The van der Waals surface area contributed by atoms with Gasteiger partial charge < -0.3 is 0 Å². The number of hydrogen-bond acceptors (Lipinski definition) is 5. The first-order valence-corrected chi connectivity index (χ1v) is 19.2. The first kappa shape index (κ1) is 40.1. The van der Waals surface area contributed by atoms with E-state index in [-0.39, 0.29) is 0 Å². The van der Waals surface area contributed by atoms with Crippen molar-refractivity contribution < 1.29 is 18.2 Å². The molecule has 0 aromatic rings. The highest BCUT2D eigenvalue weighted by atomic mass is 31.2. The molecular formula is C34H72NO4P. The van der Waals surface area contributed by atoms with Crippen LogP contribution in [0.15, 0.2) is 0 Å². The molecule has 40 heavy (non-hydrogen) atoms. The monoisotopic (exact) mass is 590 g/mol. The van der Waals surface area contributed by atoms with Gasteiger partial charge in [-0.2, -0.15) is 10.1 Å². The molecule has 0 bridgehead atoms. The van der Waals surface area contributed by atoms with Gasteiger partial charge in [-0.25, -0.2) is 4.57 Å². The largest absolute Gasteiger partial charge is 0.491 e. The zero-order valence-electron chi connectivity index (χ0n) is 27.8. The smallest absolute Gasteiger partial charge is 0.286 e. The normalized spacial score (nSPS) is 12.3. The molecule has 0 radical (unpaired) electrons. The predicted octanol–water partition coefficient (Wildman–Crippen LogP) is 12.3. The van der Waals surface area contributed by atoms with Gasteiger partial charge in [0.05, 0.1) is 13.2 Å². The molecule has 0 rings (SSSR count). The van der Waals surface area contributed by atoms with E-state index >= 15 is 0 Å². The van der Waals surface area contributed by atoms with Gasteiger partial charge in [0.25, 0.3) is 0 Å². The Balaban J connectivity index is 3.84. The van der Waals surface area contributed by atoms with E-state index in [1.165, 1.54) is 122 Å². The number of nitrogens with one attached hydrogen (secondary N) is 1. The number of phosphoric ester groups is 1. The molecule has 0 aliphatic rings.